The van der Waals surface area contributed by atoms with E-state index in [1.54, 1.807) is 0 Å². The number of aromatic nitrogens is 2. The Hall–Kier alpha value is -1.69. The van der Waals surface area contributed by atoms with Crippen molar-refractivity contribution in [2.24, 2.45) is 0 Å². The average Bonchev–Trinajstić information content (AvgIpc) is 3.04. The number of aryl methyl sites for hydroxylation is 1. The number of hydrogen-bond acceptors (Lipinski definition) is 5. The van der Waals surface area contributed by atoms with E-state index in [-0.39, 0.29) is 5.41 Å². The predicted molar refractivity (Wildman–Crippen MR) is 107 cm³/mol. The predicted octanol–water partition coefficient (Wildman–Crippen LogP) is 2.22. The maximum absolute atomic E-state index is 12.9. The van der Waals surface area contributed by atoms with Crippen molar-refractivity contribution in [3.05, 3.63) is 17.5 Å². The van der Waals surface area contributed by atoms with Crippen LogP contribution >= 0.6 is 0 Å². The second-order valence-corrected chi connectivity index (χ2v) is 8.79. The van der Waals surface area contributed by atoms with E-state index in [9.17, 15) is 4.79 Å². The summed E-state index contributed by atoms with van der Waals surface area (Å²) in [5, 5.41) is 0. The number of amides is 1. The van der Waals surface area contributed by atoms with Crippen LogP contribution in [0.4, 0.5) is 5.95 Å². The van der Waals surface area contributed by atoms with Crippen LogP contribution in [0, 0.1) is 0 Å². The first-order valence-electron chi connectivity index (χ1n) is 10.6. The molecule has 6 heteroatoms. The van der Waals surface area contributed by atoms with Crippen molar-refractivity contribution < 1.29 is 4.79 Å². The summed E-state index contributed by atoms with van der Waals surface area (Å²) >= 11 is 0. The molecule has 0 N–H and O–H groups in total. The number of fused-ring (bicyclic) bond motifs is 2. The molecule has 148 valence electrons. The molecule has 1 amide bonds. The molecule has 2 fully saturated rings. The lowest BCUT2D eigenvalue weighted by Gasteiger charge is -2.41. The minimum atomic E-state index is 0.0437. The van der Waals surface area contributed by atoms with Crippen molar-refractivity contribution >= 4 is 11.9 Å². The van der Waals surface area contributed by atoms with Gasteiger partial charge in [-0.15, -0.1) is 0 Å². The molecule has 1 aromatic heterocycles. The highest BCUT2D eigenvalue weighted by Gasteiger charge is 2.44. The molecule has 1 spiro atoms. The van der Waals surface area contributed by atoms with E-state index < -0.39 is 0 Å². The van der Waals surface area contributed by atoms with E-state index in [0.29, 0.717) is 12.3 Å². The Bertz CT molecular complexity index is 681. The van der Waals surface area contributed by atoms with Gasteiger partial charge in [0.05, 0.1) is 5.69 Å². The molecule has 0 aromatic carbocycles. The van der Waals surface area contributed by atoms with E-state index >= 15 is 0 Å². The molecule has 4 rings (SSSR count). The van der Waals surface area contributed by atoms with Crippen LogP contribution in [0.3, 0.4) is 0 Å². The summed E-state index contributed by atoms with van der Waals surface area (Å²) < 4.78 is 0. The van der Waals surface area contributed by atoms with Gasteiger partial charge in [-0.1, -0.05) is 6.42 Å². The van der Waals surface area contributed by atoms with E-state index in [1.807, 2.05) is 25.2 Å². The van der Waals surface area contributed by atoms with Crippen LogP contribution in [-0.4, -0.2) is 72.5 Å². The van der Waals surface area contributed by atoms with Gasteiger partial charge in [0.1, 0.15) is 0 Å². The van der Waals surface area contributed by atoms with Gasteiger partial charge < -0.3 is 14.7 Å². The molecule has 1 unspecified atom stereocenters. The van der Waals surface area contributed by atoms with Crippen LogP contribution in [0.25, 0.3) is 0 Å². The molecule has 3 heterocycles. The zero-order valence-corrected chi connectivity index (χ0v) is 16.9. The summed E-state index contributed by atoms with van der Waals surface area (Å²) in [4.78, 5) is 28.9. The minimum Gasteiger partial charge on any atom is -0.347 e. The van der Waals surface area contributed by atoms with Gasteiger partial charge in [0.25, 0.3) is 0 Å². The third-order valence-electron chi connectivity index (χ3n) is 6.65. The fourth-order valence-electron chi connectivity index (χ4n) is 5.08. The molecule has 3 aliphatic rings. The molecule has 2 aliphatic heterocycles. The highest BCUT2D eigenvalue weighted by molar-refractivity contribution is 5.76. The molecule has 0 saturated carbocycles. The number of carbonyl (C=O) groups excluding carboxylic acids is 1. The largest absolute Gasteiger partial charge is 0.347 e. The van der Waals surface area contributed by atoms with E-state index in [0.717, 1.165) is 64.4 Å². The van der Waals surface area contributed by atoms with E-state index in [4.69, 9.17) is 4.98 Å². The smallest absolute Gasteiger partial charge is 0.225 e. The van der Waals surface area contributed by atoms with Crippen LogP contribution < -0.4 is 4.90 Å². The molecular weight excluding hydrogens is 338 g/mol. The zero-order chi connectivity index (χ0) is 18.9. The number of carbonyl (C=O) groups is 1. The topological polar surface area (TPSA) is 52.6 Å². The number of nitrogens with zero attached hydrogens (tertiary/aromatic N) is 5. The highest BCUT2D eigenvalue weighted by atomic mass is 16.2. The third kappa shape index (κ3) is 3.82. The number of anilines is 1. The Balaban J connectivity index is 1.44. The number of piperidine rings is 2. The summed E-state index contributed by atoms with van der Waals surface area (Å²) in [7, 11) is 3.97. The molecule has 27 heavy (non-hydrogen) atoms. The second kappa shape index (κ2) is 7.74. The molecule has 0 radical (unpaired) electrons. The highest BCUT2D eigenvalue weighted by Crippen LogP contribution is 2.44. The summed E-state index contributed by atoms with van der Waals surface area (Å²) in [6.07, 6.45) is 10.9. The van der Waals surface area contributed by atoms with Crippen LogP contribution in [0.15, 0.2) is 6.20 Å². The summed E-state index contributed by atoms with van der Waals surface area (Å²) in [6, 6.07) is 0. The van der Waals surface area contributed by atoms with Gasteiger partial charge >= 0.3 is 0 Å². The van der Waals surface area contributed by atoms with Gasteiger partial charge in [-0.2, -0.15) is 0 Å². The van der Waals surface area contributed by atoms with Gasteiger partial charge in [-0.05, 0) is 57.2 Å². The van der Waals surface area contributed by atoms with Crippen LogP contribution in [-0.2, 0) is 16.6 Å². The standard InChI is InChI=1S/C21H33N5O/c1-24(2)20-22-15-17-7-10-21(19(17)23-20)9-6-13-26(16-21)18(27)8-14-25-11-4-3-5-12-25/h15H,3-14,16H2,1-2H3. The van der Waals surface area contributed by atoms with Crippen LogP contribution in [0.2, 0.25) is 0 Å². The Morgan fingerprint density at radius 2 is 1.96 bits per heavy atom. The van der Waals surface area contributed by atoms with Gasteiger partial charge in [-0.25, -0.2) is 9.97 Å². The van der Waals surface area contributed by atoms with Gasteiger partial charge in [0, 0.05) is 51.8 Å². The maximum Gasteiger partial charge on any atom is 0.225 e. The minimum absolute atomic E-state index is 0.0437. The van der Waals surface area contributed by atoms with Gasteiger partial charge in [-0.3, -0.25) is 4.79 Å². The monoisotopic (exact) mass is 371 g/mol. The molecule has 1 atom stereocenters. The van der Waals surface area contributed by atoms with Crippen molar-refractivity contribution in [1.82, 2.24) is 19.8 Å². The molecule has 2 saturated heterocycles. The molecular formula is C21H33N5O. The number of rotatable bonds is 4. The lowest BCUT2D eigenvalue weighted by Crippen LogP contribution is -2.48. The van der Waals surface area contributed by atoms with Crippen LogP contribution in [0.1, 0.15) is 56.2 Å². The lowest BCUT2D eigenvalue weighted by atomic mass is 9.77. The second-order valence-electron chi connectivity index (χ2n) is 8.79. The number of likely N-dealkylation sites (tertiary alicyclic amines) is 2. The quantitative estimate of drug-likeness (QED) is 0.812. The van der Waals surface area contributed by atoms with E-state index in [2.05, 4.69) is 14.8 Å². The normalized spacial score (nSPS) is 25.6. The Labute approximate surface area is 162 Å². The lowest BCUT2D eigenvalue weighted by molar-refractivity contribution is -0.133. The maximum atomic E-state index is 12.9. The fourth-order valence-corrected chi connectivity index (χ4v) is 5.08. The first-order valence-corrected chi connectivity index (χ1v) is 10.6. The summed E-state index contributed by atoms with van der Waals surface area (Å²) in [6.45, 7) is 4.99. The third-order valence-corrected chi connectivity index (χ3v) is 6.65. The van der Waals surface area contributed by atoms with Gasteiger partial charge in [0.15, 0.2) is 0 Å². The van der Waals surface area contributed by atoms with Crippen molar-refractivity contribution in [3.8, 4) is 0 Å². The Morgan fingerprint density at radius 3 is 2.74 bits per heavy atom. The van der Waals surface area contributed by atoms with E-state index in [1.165, 1.54) is 30.5 Å². The zero-order valence-electron chi connectivity index (χ0n) is 16.9. The fraction of sp³-hybridized carbons (Fsp3) is 0.762. The Kier molecular flexibility index (Phi) is 5.35. The average molecular weight is 372 g/mol. The molecule has 1 aromatic rings. The van der Waals surface area contributed by atoms with Crippen molar-refractivity contribution in [2.75, 3.05) is 51.7 Å². The first kappa shape index (κ1) is 18.7. The van der Waals surface area contributed by atoms with Gasteiger partial charge in [0.2, 0.25) is 11.9 Å². The van der Waals surface area contributed by atoms with Crippen molar-refractivity contribution in [2.45, 2.75) is 56.8 Å². The van der Waals surface area contributed by atoms with Crippen LogP contribution in [0.5, 0.6) is 0 Å². The first-order chi connectivity index (χ1) is 13.1. The summed E-state index contributed by atoms with van der Waals surface area (Å²) in [5.41, 5.74) is 2.53. The number of hydrogen-bond donors (Lipinski definition) is 0. The molecule has 1 aliphatic carbocycles. The SMILES string of the molecule is CN(C)c1ncc2c(n1)C1(CCCN(C(=O)CCN3CCCCC3)C1)CC2. The van der Waals surface area contributed by atoms with Crippen molar-refractivity contribution in [1.29, 1.82) is 0 Å². The molecule has 6 nitrogen and oxygen atoms in total. The Morgan fingerprint density at radius 1 is 1.15 bits per heavy atom. The molecule has 0 bridgehead atoms. The van der Waals surface area contributed by atoms with Crippen molar-refractivity contribution in [3.63, 3.8) is 0 Å². The summed E-state index contributed by atoms with van der Waals surface area (Å²) in [5.74, 6) is 1.11.